The molecule has 6 heteroatoms. The number of aliphatic hydroxyl groups excluding tert-OH is 5. The molecule has 0 unspecified atom stereocenters. The fraction of sp³-hybridized carbons (Fsp3) is 0.889. The maximum Gasteiger partial charge on any atom is 0.166 e. The van der Waals surface area contributed by atoms with E-state index in [4.69, 9.17) is 10.2 Å². The summed E-state index contributed by atoms with van der Waals surface area (Å²) in [5.41, 5.74) is 0. The molecule has 0 spiro atoms. The molecule has 0 aromatic heterocycles. The smallest absolute Gasteiger partial charge is 0.166 e. The lowest BCUT2D eigenvalue weighted by atomic mass is 9.95. The lowest BCUT2D eigenvalue weighted by Gasteiger charge is -2.25. The molecule has 0 heterocycles. The number of rotatable bonds is 6. The molecule has 0 radical (unpaired) electrons. The minimum Gasteiger partial charge on any atom is -0.394 e. The van der Waals surface area contributed by atoms with E-state index in [9.17, 15) is 20.1 Å². The second-order valence-corrected chi connectivity index (χ2v) is 3.73. The van der Waals surface area contributed by atoms with Crippen LogP contribution in [0.15, 0.2) is 0 Å². The number of carbonyl (C=O) groups excluding carboxylic acids is 1. The van der Waals surface area contributed by atoms with Crippen LogP contribution in [-0.2, 0) is 4.79 Å². The summed E-state index contributed by atoms with van der Waals surface area (Å²) in [5, 5.41) is 45.3. The first-order valence-electron chi connectivity index (χ1n) is 4.69. The van der Waals surface area contributed by atoms with Crippen molar-refractivity contribution >= 4 is 5.78 Å². The number of carbonyl (C=O) groups is 1. The van der Waals surface area contributed by atoms with Gasteiger partial charge in [0.2, 0.25) is 0 Å². The van der Waals surface area contributed by atoms with Crippen LogP contribution >= 0.6 is 0 Å². The Hall–Kier alpha value is -0.530. The fourth-order valence-corrected chi connectivity index (χ4v) is 1.03. The molecule has 0 fully saturated rings. The van der Waals surface area contributed by atoms with Crippen molar-refractivity contribution in [1.82, 2.24) is 0 Å². The molecule has 0 aromatic rings. The highest BCUT2D eigenvalue weighted by atomic mass is 16.4. The maximum absolute atomic E-state index is 11.2. The fourth-order valence-electron chi connectivity index (χ4n) is 1.03. The highest BCUT2D eigenvalue weighted by Crippen LogP contribution is 2.09. The van der Waals surface area contributed by atoms with Gasteiger partial charge in [-0.05, 0) is 0 Å². The van der Waals surface area contributed by atoms with Gasteiger partial charge in [-0.25, -0.2) is 0 Å². The Morgan fingerprint density at radius 1 is 1.07 bits per heavy atom. The van der Waals surface area contributed by atoms with E-state index in [1.165, 1.54) is 13.8 Å². The van der Waals surface area contributed by atoms with Gasteiger partial charge in [-0.3, -0.25) is 4.79 Å². The predicted molar refractivity (Wildman–Crippen MR) is 51.0 cm³/mol. The molecule has 0 saturated carbocycles. The van der Waals surface area contributed by atoms with Gasteiger partial charge in [0.1, 0.15) is 24.4 Å². The van der Waals surface area contributed by atoms with E-state index < -0.39 is 42.7 Å². The van der Waals surface area contributed by atoms with E-state index in [1.54, 1.807) is 0 Å². The van der Waals surface area contributed by atoms with E-state index in [-0.39, 0.29) is 0 Å². The van der Waals surface area contributed by atoms with Gasteiger partial charge in [0.15, 0.2) is 5.78 Å². The van der Waals surface area contributed by atoms with E-state index in [0.29, 0.717) is 0 Å². The van der Waals surface area contributed by atoms with Gasteiger partial charge >= 0.3 is 0 Å². The highest BCUT2D eigenvalue weighted by molar-refractivity contribution is 5.85. The summed E-state index contributed by atoms with van der Waals surface area (Å²) in [4.78, 5) is 11.2. The Balaban J connectivity index is 4.43. The predicted octanol–water partition coefficient (Wildman–Crippen LogP) is -2.35. The van der Waals surface area contributed by atoms with Crippen LogP contribution in [0.1, 0.15) is 13.8 Å². The lowest BCUT2D eigenvalue weighted by Crippen LogP contribution is -2.49. The average Bonchev–Trinajstić information content (AvgIpc) is 2.23. The Labute approximate surface area is 87.8 Å². The van der Waals surface area contributed by atoms with Crippen molar-refractivity contribution in [2.45, 2.75) is 38.3 Å². The molecule has 15 heavy (non-hydrogen) atoms. The number of Topliss-reactive ketones (excluding diaryl/α,β-unsaturated/α-hetero) is 1. The monoisotopic (exact) mass is 222 g/mol. The van der Waals surface area contributed by atoms with Crippen LogP contribution in [0, 0.1) is 5.92 Å². The Bertz CT molecular complexity index is 205. The maximum atomic E-state index is 11.2. The summed E-state index contributed by atoms with van der Waals surface area (Å²) in [5.74, 6) is -1.13. The Morgan fingerprint density at radius 2 is 1.53 bits per heavy atom. The van der Waals surface area contributed by atoms with E-state index in [0.717, 1.165) is 0 Å². The van der Waals surface area contributed by atoms with Crippen LogP contribution in [0.3, 0.4) is 0 Å². The van der Waals surface area contributed by atoms with Gasteiger partial charge < -0.3 is 25.5 Å². The van der Waals surface area contributed by atoms with Crippen molar-refractivity contribution in [1.29, 1.82) is 0 Å². The molecule has 0 rings (SSSR count). The normalized spacial score (nSPS) is 19.7. The van der Waals surface area contributed by atoms with E-state index in [1.807, 2.05) is 0 Å². The van der Waals surface area contributed by atoms with Crippen LogP contribution in [0.5, 0.6) is 0 Å². The third-order valence-corrected chi connectivity index (χ3v) is 2.12. The zero-order valence-corrected chi connectivity index (χ0v) is 8.74. The minimum atomic E-state index is -1.80. The van der Waals surface area contributed by atoms with Crippen molar-refractivity contribution in [2.75, 3.05) is 6.61 Å². The minimum absolute atomic E-state index is 0.492. The molecular weight excluding hydrogens is 204 g/mol. The molecule has 0 bridgehead atoms. The summed E-state index contributed by atoms with van der Waals surface area (Å²) in [6, 6.07) is 0. The molecule has 0 aliphatic rings. The van der Waals surface area contributed by atoms with Gasteiger partial charge in [-0.15, -0.1) is 0 Å². The largest absolute Gasteiger partial charge is 0.394 e. The van der Waals surface area contributed by atoms with Gasteiger partial charge in [0.05, 0.1) is 6.61 Å². The summed E-state index contributed by atoms with van der Waals surface area (Å²) in [6.07, 6.45) is -6.91. The number of hydrogen-bond donors (Lipinski definition) is 5. The molecule has 0 amide bonds. The van der Waals surface area contributed by atoms with Gasteiger partial charge in [-0.2, -0.15) is 0 Å². The summed E-state index contributed by atoms with van der Waals surface area (Å²) in [6.45, 7) is 2.31. The topological polar surface area (TPSA) is 118 Å². The lowest BCUT2D eigenvalue weighted by molar-refractivity contribution is -0.149. The van der Waals surface area contributed by atoms with E-state index in [2.05, 4.69) is 0 Å². The number of hydrogen-bond acceptors (Lipinski definition) is 6. The SMILES string of the molecule is CC(C)C(=O)[C@@H](O)[C@@H](O)[C@@H](O)[C@@H](O)CO. The molecule has 0 aliphatic carbocycles. The summed E-state index contributed by atoms with van der Waals surface area (Å²) < 4.78 is 0. The van der Waals surface area contributed by atoms with E-state index >= 15 is 0 Å². The third-order valence-electron chi connectivity index (χ3n) is 2.12. The molecular formula is C9H18O6. The zero-order valence-electron chi connectivity index (χ0n) is 8.74. The average molecular weight is 222 g/mol. The van der Waals surface area contributed by atoms with Gasteiger partial charge in [0.25, 0.3) is 0 Å². The third kappa shape index (κ3) is 3.84. The van der Waals surface area contributed by atoms with Crippen molar-refractivity contribution in [3.63, 3.8) is 0 Å². The van der Waals surface area contributed by atoms with Crippen molar-refractivity contribution < 1.29 is 30.3 Å². The molecule has 0 aromatic carbocycles. The van der Waals surface area contributed by atoms with Crippen LogP contribution in [0.2, 0.25) is 0 Å². The standard InChI is InChI=1S/C9H18O6/c1-4(2)6(12)8(14)9(15)7(13)5(11)3-10/h4-5,7-11,13-15H,3H2,1-2H3/t5-,7-,8+,9-/m0/s1. The van der Waals surface area contributed by atoms with Crippen molar-refractivity contribution in [3.8, 4) is 0 Å². The molecule has 0 aliphatic heterocycles. The molecule has 6 nitrogen and oxygen atoms in total. The van der Waals surface area contributed by atoms with Crippen LogP contribution in [0.4, 0.5) is 0 Å². The summed E-state index contributed by atoms with van der Waals surface area (Å²) >= 11 is 0. The van der Waals surface area contributed by atoms with Crippen LogP contribution in [0.25, 0.3) is 0 Å². The number of aliphatic hydroxyl groups is 5. The molecule has 4 atom stereocenters. The van der Waals surface area contributed by atoms with Gasteiger partial charge in [-0.1, -0.05) is 13.8 Å². The zero-order chi connectivity index (χ0) is 12.2. The van der Waals surface area contributed by atoms with Gasteiger partial charge in [0, 0.05) is 5.92 Å². The quantitative estimate of drug-likeness (QED) is 0.343. The Morgan fingerprint density at radius 3 is 1.87 bits per heavy atom. The molecule has 90 valence electrons. The first kappa shape index (κ1) is 14.5. The first-order valence-corrected chi connectivity index (χ1v) is 4.69. The highest BCUT2D eigenvalue weighted by Gasteiger charge is 2.34. The second kappa shape index (κ2) is 6.14. The van der Waals surface area contributed by atoms with Crippen molar-refractivity contribution in [2.24, 2.45) is 5.92 Å². The second-order valence-electron chi connectivity index (χ2n) is 3.73. The molecule has 0 saturated heterocycles. The summed E-state index contributed by atoms with van der Waals surface area (Å²) in [7, 11) is 0. The number of ketones is 1. The first-order chi connectivity index (χ1) is 6.82. The Kier molecular flexibility index (Phi) is 5.92. The van der Waals surface area contributed by atoms with Crippen LogP contribution < -0.4 is 0 Å². The van der Waals surface area contributed by atoms with Crippen molar-refractivity contribution in [3.05, 3.63) is 0 Å². The molecule has 5 N–H and O–H groups in total. The van der Waals surface area contributed by atoms with Crippen LogP contribution in [-0.4, -0.2) is 62.3 Å².